The SMILES string of the molecule is C=CCOC(=O)c1sc(NC(=O)C2CCN(CCC#N)CC2)c(C(=O)OCC)c1C. The predicted molar refractivity (Wildman–Crippen MR) is 114 cm³/mol. The lowest BCUT2D eigenvalue weighted by atomic mass is 9.96. The molecule has 162 valence electrons. The lowest BCUT2D eigenvalue weighted by Gasteiger charge is -2.30. The van der Waals surface area contributed by atoms with Crippen LogP contribution in [-0.2, 0) is 14.3 Å². The molecular formula is C21H27N3O5S. The third kappa shape index (κ3) is 5.90. The number of likely N-dealkylation sites (tertiary alicyclic amines) is 1. The number of nitriles is 1. The highest BCUT2D eigenvalue weighted by molar-refractivity contribution is 7.18. The van der Waals surface area contributed by atoms with Crippen molar-refractivity contribution in [2.75, 3.05) is 38.2 Å². The smallest absolute Gasteiger partial charge is 0.348 e. The Labute approximate surface area is 180 Å². The number of nitrogens with zero attached hydrogens (tertiary/aromatic N) is 2. The molecule has 0 unspecified atom stereocenters. The van der Waals surface area contributed by atoms with Gasteiger partial charge in [0.2, 0.25) is 5.91 Å². The Balaban J connectivity index is 2.16. The van der Waals surface area contributed by atoms with Crippen LogP contribution in [-0.4, -0.2) is 55.6 Å². The van der Waals surface area contributed by atoms with E-state index in [1.807, 2.05) is 0 Å². The van der Waals surface area contributed by atoms with Gasteiger partial charge in [-0.05, 0) is 45.3 Å². The van der Waals surface area contributed by atoms with Crippen molar-refractivity contribution in [3.63, 3.8) is 0 Å². The number of nitrogens with one attached hydrogen (secondary N) is 1. The third-order valence-electron chi connectivity index (χ3n) is 4.88. The van der Waals surface area contributed by atoms with Crippen molar-refractivity contribution in [3.8, 4) is 6.07 Å². The first-order valence-electron chi connectivity index (χ1n) is 9.91. The van der Waals surface area contributed by atoms with Crippen LogP contribution < -0.4 is 5.32 Å². The average Bonchev–Trinajstić information content (AvgIpc) is 3.06. The molecule has 1 aliphatic rings. The van der Waals surface area contributed by atoms with Gasteiger partial charge in [-0.15, -0.1) is 11.3 Å². The van der Waals surface area contributed by atoms with Crippen molar-refractivity contribution >= 4 is 34.2 Å². The van der Waals surface area contributed by atoms with Crippen molar-refractivity contribution in [2.45, 2.75) is 33.1 Å². The van der Waals surface area contributed by atoms with Gasteiger partial charge >= 0.3 is 11.9 Å². The summed E-state index contributed by atoms with van der Waals surface area (Å²) in [6, 6.07) is 2.13. The summed E-state index contributed by atoms with van der Waals surface area (Å²) in [5.74, 6) is -1.55. The van der Waals surface area contributed by atoms with Gasteiger partial charge in [0.1, 0.15) is 16.5 Å². The first-order valence-corrected chi connectivity index (χ1v) is 10.7. The van der Waals surface area contributed by atoms with E-state index in [-0.39, 0.29) is 35.5 Å². The molecule has 9 heteroatoms. The fraction of sp³-hybridized carbons (Fsp3) is 0.524. The molecule has 1 fully saturated rings. The Morgan fingerprint density at radius 3 is 2.60 bits per heavy atom. The standard InChI is InChI=1S/C21H27N3O5S/c1-4-13-29-21(27)17-14(3)16(20(26)28-5-2)19(30-17)23-18(25)15-7-11-24(12-8-15)10-6-9-22/h4,15H,1,5-8,10-13H2,2-3H3,(H,23,25). The van der Waals surface area contributed by atoms with Crippen LogP contribution in [0.1, 0.15) is 51.8 Å². The summed E-state index contributed by atoms with van der Waals surface area (Å²) in [5, 5.41) is 11.8. The minimum absolute atomic E-state index is 0.0526. The van der Waals surface area contributed by atoms with Crippen LogP contribution in [0.25, 0.3) is 0 Å². The van der Waals surface area contributed by atoms with E-state index in [2.05, 4.69) is 22.9 Å². The average molecular weight is 434 g/mol. The van der Waals surface area contributed by atoms with Gasteiger partial charge in [0.05, 0.1) is 18.2 Å². The molecule has 0 bridgehead atoms. The number of amides is 1. The van der Waals surface area contributed by atoms with Crippen LogP contribution in [0.2, 0.25) is 0 Å². The van der Waals surface area contributed by atoms with Crippen LogP contribution in [0, 0.1) is 24.2 Å². The highest BCUT2D eigenvalue weighted by Crippen LogP contribution is 2.35. The quantitative estimate of drug-likeness (QED) is 0.471. The molecule has 0 radical (unpaired) electrons. The molecule has 0 aliphatic carbocycles. The number of thiophene rings is 1. The van der Waals surface area contributed by atoms with Gasteiger partial charge in [-0.1, -0.05) is 12.7 Å². The molecule has 1 amide bonds. The van der Waals surface area contributed by atoms with E-state index in [9.17, 15) is 14.4 Å². The molecule has 0 atom stereocenters. The highest BCUT2D eigenvalue weighted by Gasteiger charge is 2.30. The van der Waals surface area contributed by atoms with Crippen LogP contribution in [0.3, 0.4) is 0 Å². The second kappa shape index (κ2) is 11.5. The van der Waals surface area contributed by atoms with Gasteiger partial charge < -0.3 is 19.7 Å². The fourth-order valence-corrected chi connectivity index (χ4v) is 4.38. The second-order valence-electron chi connectivity index (χ2n) is 6.88. The Morgan fingerprint density at radius 2 is 2.00 bits per heavy atom. The largest absolute Gasteiger partial charge is 0.462 e. The molecule has 1 N–H and O–H groups in total. The lowest BCUT2D eigenvalue weighted by molar-refractivity contribution is -0.121. The molecule has 30 heavy (non-hydrogen) atoms. The molecule has 2 heterocycles. The topological polar surface area (TPSA) is 109 Å². The van der Waals surface area contributed by atoms with Crippen molar-refractivity contribution in [3.05, 3.63) is 28.7 Å². The molecule has 2 rings (SSSR count). The summed E-state index contributed by atoms with van der Waals surface area (Å²) in [6.45, 7) is 9.26. The Bertz CT molecular complexity index is 834. The summed E-state index contributed by atoms with van der Waals surface area (Å²) in [5.41, 5.74) is 0.612. The molecule has 8 nitrogen and oxygen atoms in total. The number of carbonyl (C=O) groups excluding carboxylic acids is 3. The molecule has 1 aliphatic heterocycles. The number of carbonyl (C=O) groups is 3. The maximum atomic E-state index is 12.8. The minimum Gasteiger partial charge on any atom is -0.462 e. The van der Waals surface area contributed by atoms with Gasteiger partial charge in [0.15, 0.2) is 0 Å². The Hall–Kier alpha value is -2.70. The molecule has 0 aromatic carbocycles. The normalized spacial score (nSPS) is 14.6. The van der Waals surface area contributed by atoms with Crippen molar-refractivity contribution < 1.29 is 23.9 Å². The van der Waals surface area contributed by atoms with E-state index < -0.39 is 11.9 Å². The number of ether oxygens (including phenoxy) is 2. The summed E-state index contributed by atoms with van der Waals surface area (Å²) >= 11 is 1.01. The lowest BCUT2D eigenvalue weighted by Crippen LogP contribution is -2.38. The van der Waals surface area contributed by atoms with Gasteiger partial charge in [0, 0.05) is 18.9 Å². The zero-order chi connectivity index (χ0) is 22.1. The van der Waals surface area contributed by atoms with Crippen LogP contribution >= 0.6 is 11.3 Å². The molecule has 1 aromatic heterocycles. The molecule has 0 spiro atoms. The number of hydrogen-bond acceptors (Lipinski definition) is 8. The van der Waals surface area contributed by atoms with Gasteiger partial charge in [-0.3, -0.25) is 4.79 Å². The van der Waals surface area contributed by atoms with Crippen molar-refractivity contribution in [1.29, 1.82) is 5.26 Å². The number of esters is 2. The van der Waals surface area contributed by atoms with Crippen molar-refractivity contribution in [1.82, 2.24) is 4.90 Å². The van der Waals surface area contributed by atoms with E-state index in [0.29, 0.717) is 36.4 Å². The highest BCUT2D eigenvalue weighted by atomic mass is 32.1. The predicted octanol–water partition coefficient (Wildman–Crippen LogP) is 3.14. The van der Waals surface area contributed by atoms with Gasteiger partial charge in [-0.2, -0.15) is 5.26 Å². The van der Waals surface area contributed by atoms with Gasteiger partial charge in [0.25, 0.3) is 0 Å². The van der Waals surface area contributed by atoms with E-state index >= 15 is 0 Å². The second-order valence-corrected chi connectivity index (χ2v) is 7.90. The molecule has 1 aromatic rings. The Morgan fingerprint density at radius 1 is 1.30 bits per heavy atom. The third-order valence-corrected chi connectivity index (χ3v) is 6.07. The Kier molecular flexibility index (Phi) is 9.02. The zero-order valence-electron chi connectivity index (χ0n) is 17.4. The van der Waals surface area contributed by atoms with Crippen molar-refractivity contribution in [2.24, 2.45) is 5.92 Å². The first kappa shape index (κ1) is 23.6. The fourth-order valence-electron chi connectivity index (χ4n) is 3.29. The van der Waals surface area contributed by atoms with E-state index in [4.69, 9.17) is 14.7 Å². The number of hydrogen-bond donors (Lipinski definition) is 1. The van der Waals surface area contributed by atoms with E-state index in [0.717, 1.165) is 24.4 Å². The first-order chi connectivity index (χ1) is 14.4. The summed E-state index contributed by atoms with van der Waals surface area (Å²) in [4.78, 5) is 40.0. The molecular weight excluding hydrogens is 406 g/mol. The van der Waals surface area contributed by atoms with E-state index in [1.54, 1.807) is 13.8 Å². The monoisotopic (exact) mass is 433 g/mol. The maximum Gasteiger partial charge on any atom is 0.348 e. The molecule has 0 saturated carbocycles. The summed E-state index contributed by atoms with van der Waals surface area (Å²) < 4.78 is 10.2. The summed E-state index contributed by atoms with van der Waals surface area (Å²) in [7, 11) is 0. The van der Waals surface area contributed by atoms with Crippen LogP contribution in [0.4, 0.5) is 5.00 Å². The molecule has 1 saturated heterocycles. The van der Waals surface area contributed by atoms with Gasteiger partial charge in [-0.25, -0.2) is 9.59 Å². The van der Waals surface area contributed by atoms with E-state index in [1.165, 1.54) is 6.08 Å². The number of anilines is 1. The number of piperidine rings is 1. The maximum absolute atomic E-state index is 12.8. The van der Waals surface area contributed by atoms with Crippen LogP contribution in [0.15, 0.2) is 12.7 Å². The zero-order valence-corrected chi connectivity index (χ0v) is 18.2. The summed E-state index contributed by atoms with van der Waals surface area (Å²) in [6.07, 6.45) is 3.27. The van der Waals surface area contributed by atoms with Crippen LogP contribution in [0.5, 0.6) is 0 Å². The minimum atomic E-state index is -0.587. The number of rotatable bonds is 9.